The van der Waals surface area contributed by atoms with Crippen molar-refractivity contribution in [3.63, 3.8) is 0 Å². The third-order valence-electron chi connectivity index (χ3n) is 4.18. The van der Waals surface area contributed by atoms with Crippen LogP contribution in [0, 0.1) is 11.7 Å². The minimum atomic E-state index is -0.290. The van der Waals surface area contributed by atoms with E-state index in [4.69, 9.17) is 5.11 Å². The van der Waals surface area contributed by atoms with E-state index in [-0.39, 0.29) is 24.8 Å². The van der Waals surface area contributed by atoms with E-state index in [2.05, 4.69) is 4.98 Å². The van der Waals surface area contributed by atoms with E-state index in [0.717, 1.165) is 29.1 Å². The van der Waals surface area contributed by atoms with Gasteiger partial charge in [-0.15, -0.1) is 11.3 Å². The molecular weight excluding hydrogens is 315 g/mol. The zero-order valence-electron chi connectivity index (χ0n) is 12.7. The Morgan fingerprint density at radius 3 is 2.87 bits per heavy atom. The van der Waals surface area contributed by atoms with Gasteiger partial charge in [-0.25, -0.2) is 9.37 Å². The smallest absolute Gasteiger partial charge is 0.228 e. The molecule has 0 atom stereocenters. The number of nitrogens with zero attached hydrogens (tertiary/aromatic N) is 2. The van der Waals surface area contributed by atoms with Crippen LogP contribution in [-0.2, 0) is 11.2 Å². The summed E-state index contributed by atoms with van der Waals surface area (Å²) in [6.45, 7) is 1.60. The summed E-state index contributed by atoms with van der Waals surface area (Å²) in [7, 11) is 0. The SMILES string of the molecule is O=C(Cc1csc(-c2cccc(F)c2)n1)N1CCC(CO)CC1. The first-order valence-electron chi connectivity index (χ1n) is 7.74. The van der Waals surface area contributed by atoms with Crippen molar-refractivity contribution in [1.29, 1.82) is 0 Å². The monoisotopic (exact) mass is 334 g/mol. The van der Waals surface area contributed by atoms with Gasteiger partial charge in [-0.2, -0.15) is 0 Å². The average Bonchev–Trinajstić information content (AvgIpc) is 3.03. The third kappa shape index (κ3) is 3.95. The number of carbonyl (C=O) groups excluding carboxylic acids is 1. The summed E-state index contributed by atoms with van der Waals surface area (Å²) in [6.07, 6.45) is 1.98. The number of hydrogen-bond acceptors (Lipinski definition) is 4. The van der Waals surface area contributed by atoms with E-state index in [1.54, 1.807) is 6.07 Å². The second-order valence-corrected chi connectivity index (χ2v) is 6.70. The lowest BCUT2D eigenvalue weighted by Gasteiger charge is -2.31. The molecule has 122 valence electrons. The molecule has 0 unspecified atom stereocenters. The Labute approximate surface area is 138 Å². The predicted molar refractivity (Wildman–Crippen MR) is 87.6 cm³/mol. The number of carbonyl (C=O) groups is 1. The predicted octanol–water partition coefficient (Wildman–Crippen LogP) is 2.72. The molecule has 3 rings (SSSR count). The highest BCUT2D eigenvalue weighted by Crippen LogP contribution is 2.25. The number of likely N-dealkylation sites (tertiary alicyclic amines) is 1. The molecule has 1 aliphatic heterocycles. The number of halogens is 1. The second kappa shape index (κ2) is 7.19. The molecule has 1 fully saturated rings. The van der Waals surface area contributed by atoms with Crippen molar-refractivity contribution in [2.24, 2.45) is 5.92 Å². The maximum absolute atomic E-state index is 13.3. The third-order valence-corrected chi connectivity index (χ3v) is 5.12. The van der Waals surface area contributed by atoms with Crippen molar-refractivity contribution < 1.29 is 14.3 Å². The number of amides is 1. The van der Waals surface area contributed by atoms with E-state index in [9.17, 15) is 9.18 Å². The van der Waals surface area contributed by atoms with Gasteiger partial charge in [0, 0.05) is 30.6 Å². The van der Waals surface area contributed by atoms with Crippen molar-refractivity contribution >= 4 is 17.2 Å². The minimum absolute atomic E-state index is 0.0671. The number of aliphatic hydroxyl groups is 1. The maximum Gasteiger partial charge on any atom is 0.228 e. The van der Waals surface area contributed by atoms with Crippen LogP contribution in [0.3, 0.4) is 0 Å². The van der Waals surface area contributed by atoms with Crippen molar-refractivity contribution in [2.45, 2.75) is 19.3 Å². The van der Waals surface area contributed by atoms with Crippen LogP contribution in [0.4, 0.5) is 4.39 Å². The molecule has 1 aromatic heterocycles. The van der Waals surface area contributed by atoms with Gasteiger partial charge in [-0.3, -0.25) is 4.79 Å². The fraction of sp³-hybridized carbons (Fsp3) is 0.412. The van der Waals surface area contributed by atoms with Gasteiger partial charge in [0.15, 0.2) is 0 Å². The zero-order chi connectivity index (χ0) is 16.2. The Balaban J connectivity index is 1.62. The molecule has 4 nitrogen and oxygen atoms in total. The van der Waals surface area contributed by atoms with E-state index in [0.29, 0.717) is 19.0 Å². The van der Waals surface area contributed by atoms with Gasteiger partial charge >= 0.3 is 0 Å². The molecule has 0 radical (unpaired) electrons. The van der Waals surface area contributed by atoms with Crippen LogP contribution >= 0.6 is 11.3 Å². The topological polar surface area (TPSA) is 53.4 Å². The van der Waals surface area contributed by atoms with Crippen LogP contribution in [0.1, 0.15) is 18.5 Å². The summed E-state index contributed by atoms with van der Waals surface area (Å²) in [6, 6.07) is 6.32. The number of aliphatic hydroxyl groups excluding tert-OH is 1. The Hall–Kier alpha value is -1.79. The lowest BCUT2D eigenvalue weighted by molar-refractivity contribution is -0.132. The number of hydrogen-bond donors (Lipinski definition) is 1. The van der Waals surface area contributed by atoms with E-state index >= 15 is 0 Å². The Bertz CT molecular complexity index is 681. The van der Waals surface area contributed by atoms with E-state index in [1.807, 2.05) is 16.3 Å². The number of piperidine rings is 1. The van der Waals surface area contributed by atoms with Gasteiger partial charge in [0.2, 0.25) is 5.91 Å². The Kier molecular flexibility index (Phi) is 5.03. The molecule has 1 aliphatic rings. The van der Waals surface area contributed by atoms with Crippen LogP contribution in [0.5, 0.6) is 0 Å². The van der Waals surface area contributed by atoms with E-state index < -0.39 is 0 Å². The summed E-state index contributed by atoms with van der Waals surface area (Å²) in [5.41, 5.74) is 1.46. The highest BCUT2D eigenvalue weighted by Gasteiger charge is 2.22. The average molecular weight is 334 g/mol. The standard InChI is InChI=1S/C17H19FN2O2S/c18-14-3-1-2-13(8-14)17-19-15(11-23-17)9-16(22)20-6-4-12(10-21)5-7-20/h1-3,8,11-12,21H,4-7,9-10H2. The number of benzene rings is 1. The summed E-state index contributed by atoms with van der Waals surface area (Å²) >= 11 is 1.42. The molecule has 2 aromatic rings. The Morgan fingerprint density at radius 1 is 1.39 bits per heavy atom. The quantitative estimate of drug-likeness (QED) is 0.935. The minimum Gasteiger partial charge on any atom is -0.396 e. The summed E-state index contributed by atoms with van der Waals surface area (Å²) in [5.74, 6) is 0.0949. The molecule has 6 heteroatoms. The normalized spacial score (nSPS) is 15.8. The first kappa shape index (κ1) is 16.1. The molecule has 0 saturated carbocycles. The molecule has 1 aromatic carbocycles. The summed E-state index contributed by atoms with van der Waals surface area (Å²) in [4.78, 5) is 18.6. The van der Waals surface area contributed by atoms with Gasteiger partial charge < -0.3 is 10.0 Å². The molecule has 1 N–H and O–H groups in total. The molecular formula is C17H19FN2O2S. The van der Waals surface area contributed by atoms with Crippen LogP contribution in [0.2, 0.25) is 0 Å². The highest BCUT2D eigenvalue weighted by molar-refractivity contribution is 7.13. The van der Waals surface area contributed by atoms with Gasteiger partial charge in [0.05, 0.1) is 12.1 Å². The number of aromatic nitrogens is 1. The molecule has 0 bridgehead atoms. The van der Waals surface area contributed by atoms with Crippen LogP contribution in [0.25, 0.3) is 10.6 Å². The fourth-order valence-electron chi connectivity index (χ4n) is 2.77. The van der Waals surface area contributed by atoms with Gasteiger partial charge in [-0.05, 0) is 30.9 Å². The number of thiazole rings is 1. The molecule has 2 heterocycles. The van der Waals surface area contributed by atoms with Crippen LogP contribution in [-0.4, -0.2) is 40.6 Å². The number of rotatable bonds is 4. The van der Waals surface area contributed by atoms with Gasteiger partial charge in [0.1, 0.15) is 10.8 Å². The fourth-order valence-corrected chi connectivity index (χ4v) is 3.59. The zero-order valence-corrected chi connectivity index (χ0v) is 13.6. The lowest BCUT2D eigenvalue weighted by Crippen LogP contribution is -2.40. The van der Waals surface area contributed by atoms with E-state index in [1.165, 1.54) is 23.5 Å². The van der Waals surface area contributed by atoms with Crippen molar-refractivity contribution in [1.82, 2.24) is 9.88 Å². The van der Waals surface area contributed by atoms with Gasteiger partial charge in [0.25, 0.3) is 0 Å². The second-order valence-electron chi connectivity index (χ2n) is 5.84. The molecule has 0 aliphatic carbocycles. The first-order chi connectivity index (χ1) is 11.2. The lowest BCUT2D eigenvalue weighted by atomic mass is 9.97. The summed E-state index contributed by atoms with van der Waals surface area (Å²) in [5, 5.41) is 11.7. The first-order valence-corrected chi connectivity index (χ1v) is 8.62. The molecule has 1 saturated heterocycles. The molecule has 0 spiro atoms. The Morgan fingerprint density at radius 2 is 2.17 bits per heavy atom. The van der Waals surface area contributed by atoms with Crippen LogP contribution in [0.15, 0.2) is 29.6 Å². The van der Waals surface area contributed by atoms with Crippen LogP contribution < -0.4 is 0 Å². The molecule has 1 amide bonds. The summed E-state index contributed by atoms with van der Waals surface area (Å²) < 4.78 is 13.3. The van der Waals surface area contributed by atoms with Crippen molar-refractivity contribution in [3.05, 3.63) is 41.2 Å². The van der Waals surface area contributed by atoms with Gasteiger partial charge in [-0.1, -0.05) is 12.1 Å². The molecule has 23 heavy (non-hydrogen) atoms. The van der Waals surface area contributed by atoms with Crippen molar-refractivity contribution in [2.75, 3.05) is 19.7 Å². The maximum atomic E-state index is 13.3. The largest absolute Gasteiger partial charge is 0.396 e. The highest BCUT2D eigenvalue weighted by atomic mass is 32.1. The van der Waals surface area contributed by atoms with Crippen molar-refractivity contribution in [3.8, 4) is 10.6 Å².